The van der Waals surface area contributed by atoms with Gasteiger partial charge >= 0.3 is 0 Å². The lowest BCUT2D eigenvalue weighted by Gasteiger charge is -2.19. The molecule has 3 aromatic rings. The number of hydrogen-bond donors (Lipinski definition) is 1. The van der Waals surface area contributed by atoms with Crippen LogP contribution < -0.4 is 10.9 Å². The number of carbonyl (C=O) groups excluding carboxylic acids is 1. The maximum absolute atomic E-state index is 13.1. The van der Waals surface area contributed by atoms with Crippen molar-refractivity contribution in [2.75, 3.05) is 0 Å². The van der Waals surface area contributed by atoms with Gasteiger partial charge < -0.3 is 5.32 Å². The molecule has 0 radical (unpaired) electrons. The third-order valence-corrected chi connectivity index (χ3v) is 6.03. The third-order valence-electron chi connectivity index (χ3n) is 4.94. The lowest BCUT2D eigenvalue weighted by molar-refractivity contribution is -0.120. The van der Waals surface area contributed by atoms with Crippen molar-refractivity contribution >= 4 is 28.6 Å². The highest BCUT2D eigenvalue weighted by Gasteiger charge is 2.21. The molecule has 5 nitrogen and oxygen atoms in total. The Morgan fingerprint density at radius 1 is 1.17 bits per heavy atom. The molecule has 1 heterocycles. The average Bonchev–Trinajstić information content (AvgIpc) is 2.74. The molecule has 0 unspecified atom stereocenters. The topological polar surface area (TPSA) is 64.0 Å². The van der Waals surface area contributed by atoms with Crippen LogP contribution in [0.5, 0.6) is 0 Å². The Bertz CT molecular complexity index is 1080. The largest absolute Gasteiger partial charge is 0.349 e. The van der Waals surface area contributed by atoms with Crippen molar-refractivity contribution in [3.05, 3.63) is 70.3 Å². The summed E-state index contributed by atoms with van der Waals surface area (Å²) in [5.41, 5.74) is 1.37. The maximum Gasteiger partial charge on any atom is 0.262 e. The second-order valence-electron chi connectivity index (χ2n) is 7.26. The predicted octanol–water partition coefficient (Wildman–Crippen LogP) is 4.69. The maximum atomic E-state index is 13.1. The van der Waals surface area contributed by atoms with Crippen LogP contribution in [0.2, 0.25) is 0 Å². The van der Waals surface area contributed by atoms with E-state index in [1.165, 1.54) is 23.9 Å². The molecule has 0 aliphatic carbocycles. The van der Waals surface area contributed by atoms with Gasteiger partial charge in [-0.25, -0.2) is 9.37 Å². The number of halogens is 1. The van der Waals surface area contributed by atoms with E-state index < -0.39 is 5.25 Å². The number of unbranched alkanes of at least 4 members (excludes halogenated alkanes) is 1. The number of benzene rings is 2. The van der Waals surface area contributed by atoms with Crippen molar-refractivity contribution in [1.82, 2.24) is 14.9 Å². The molecule has 0 fully saturated rings. The smallest absolute Gasteiger partial charge is 0.262 e. The van der Waals surface area contributed by atoms with Crippen LogP contribution in [0.15, 0.2) is 58.5 Å². The molecule has 30 heavy (non-hydrogen) atoms. The van der Waals surface area contributed by atoms with Crippen molar-refractivity contribution < 1.29 is 9.18 Å². The molecule has 2 aromatic carbocycles. The number of nitrogens with zero attached hydrogens (tertiary/aromatic N) is 2. The van der Waals surface area contributed by atoms with Crippen molar-refractivity contribution in [3.63, 3.8) is 0 Å². The number of para-hydroxylation sites is 1. The minimum atomic E-state index is -0.450. The fourth-order valence-electron chi connectivity index (χ4n) is 3.13. The van der Waals surface area contributed by atoms with Crippen LogP contribution in [-0.2, 0) is 11.3 Å². The fraction of sp³-hybridized carbons (Fsp3) is 0.348. The molecule has 7 heteroatoms. The lowest BCUT2D eigenvalue weighted by atomic mass is 10.1. The highest BCUT2D eigenvalue weighted by molar-refractivity contribution is 8.00. The predicted molar refractivity (Wildman–Crippen MR) is 119 cm³/mol. The first-order valence-corrected chi connectivity index (χ1v) is 11.0. The van der Waals surface area contributed by atoms with Crippen LogP contribution in [0.4, 0.5) is 4.39 Å². The van der Waals surface area contributed by atoms with E-state index in [2.05, 4.69) is 17.2 Å². The van der Waals surface area contributed by atoms with Gasteiger partial charge in [0.15, 0.2) is 5.16 Å². The minimum Gasteiger partial charge on any atom is -0.349 e. The number of amides is 1. The second kappa shape index (κ2) is 9.89. The molecule has 0 spiro atoms. The van der Waals surface area contributed by atoms with Crippen molar-refractivity contribution in [3.8, 4) is 0 Å². The lowest BCUT2D eigenvalue weighted by Crippen LogP contribution is -2.34. The summed E-state index contributed by atoms with van der Waals surface area (Å²) in [5, 5.41) is 3.63. The number of thioether (sulfide) groups is 1. The summed E-state index contributed by atoms with van der Waals surface area (Å²) in [6.45, 7) is 6.28. The standard InChI is InChI=1S/C23H26FN3O2S/c1-4-5-14-27-22(29)19-8-6-7-9-20(19)26-23(27)30-16(3)21(28)25-15(2)17-10-12-18(24)13-11-17/h6-13,15-16H,4-5,14H2,1-3H3,(H,25,28)/t15-,16-/m0/s1. The van der Waals surface area contributed by atoms with E-state index in [9.17, 15) is 14.0 Å². The zero-order valence-corrected chi connectivity index (χ0v) is 18.2. The van der Waals surface area contributed by atoms with Crippen molar-refractivity contribution in [2.45, 2.75) is 56.6 Å². The van der Waals surface area contributed by atoms with Gasteiger partial charge in [0.1, 0.15) is 5.82 Å². The van der Waals surface area contributed by atoms with Gasteiger partial charge in [0.2, 0.25) is 5.91 Å². The quantitative estimate of drug-likeness (QED) is 0.418. The molecule has 2 atom stereocenters. The highest BCUT2D eigenvalue weighted by Crippen LogP contribution is 2.24. The molecule has 0 saturated carbocycles. The number of fused-ring (bicyclic) bond motifs is 1. The summed E-state index contributed by atoms with van der Waals surface area (Å²) in [4.78, 5) is 30.4. The van der Waals surface area contributed by atoms with E-state index in [0.717, 1.165) is 18.4 Å². The van der Waals surface area contributed by atoms with E-state index in [0.29, 0.717) is 22.6 Å². The van der Waals surface area contributed by atoms with Crippen LogP contribution in [0, 0.1) is 5.82 Å². The monoisotopic (exact) mass is 427 g/mol. The third kappa shape index (κ3) is 5.08. The van der Waals surface area contributed by atoms with Crippen LogP contribution in [0.1, 0.15) is 45.2 Å². The van der Waals surface area contributed by atoms with Crippen LogP contribution >= 0.6 is 11.8 Å². The molecule has 1 amide bonds. The molecule has 158 valence electrons. The summed E-state index contributed by atoms with van der Waals surface area (Å²) in [7, 11) is 0. The van der Waals surface area contributed by atoms with Crippen LogP contribution in [-0.4, -0.2) is 20.7 Å². The Morgan fingerprint density at radius 3 is 2.57 bits per heavy atom. The zero-order chi connectivity index (χ0) is 21.7. The number of rotatable bonds is 8. The number of hydrogen-bond acceptors (Lipinski definition) is 4. The average molecular weight is 428 g/mol. The number of carbonyl (C=O) groups is 1. The Labute approximate surface area is 179 Å². The molecule has 3 rings (SSSR count). The normalized spacial score (nSPS) is 13.2. The SMILES string of the molecule is CCCCn1c(S[C@@H](C)C(=O)N[C@@H](C)c2ccc(F)cc2)nc2ccccc2c1=O. The Balaban J connectivity index is 1.80. The van der Waals surface area contributed by atoms with E-state index in [1.807, 2.05) is 25.1 Å². The molecule has 0 aliphatic rings. The summed E-state index contributed by atoms with van der Waals surface area (Å²) >= 11 is 1.28. The summed E-state index contributed by atoms with van der Waals surface area (Å²) in [5.74, 6) is -0.477. The molecule has 1 aromatic heterocycles. The first-order chi connectivity index (χ1) is 14.4. The van der Waals surface area contributed by atoms with Crippen molar-refractivity contribution in [2.24, 2.45) is 0 Å². The Kier molecular flexibility index (Phi) is 7.26. The Morgan fingerprint density at radius 2 is 1.87 bits per heavy atom. The van der Waals surface area contributed by atoms with Gasteiger partial charge in [0.25, 0.3) is 5.56 Å². The van der Waals surface area contributed by atoms with Gasteiger partial charge in [-0.05, 0) is 50.1 Å². The first kappa shape index (κ1) is 22.0. The molecular weight excluding hydrogens is 401 g/mol. The minimum absolute atomic E-state index is 0.0798. The first-order valence-electron chi connectivity index (χ1n) is 10.1. The Hall–Kier alpha value is -2.67. The summed E-state index contributed by atoms with van der Waals surface area (Å²) < 4.78 is 14.8. The second-order valence-corrected chi connectivity index (χ2v) is 8.57. The van der Waals surface area contributed by atoms with Gasteiger partial charge in [-0.1, -0.05) is 49.4 Å². The van der Waals surface area contributed by atoms with E-state index >= 15 is 0 Å². The van der Waals surface area contributed by atoms with Crippen molar-refractivity contribution in [1.29, 1.82) is 0 Å². The van der Waals surface area contributed by atoms with E-state index in [1.54, 1.807) is 29.7 Å². The summed E-state index contributed by atoms with van der Waals surface area (Å²) in [6, 6.07) is 13.1. The van der Waals surface area contributed by atoms with Crippen LogP contribution in [0.25, 0.3) is 10.9 Å². The number of aromatic nitrogens is 2. The zero-order valence-electron chi connectivity index (χ0n) is 17.4. The summed E-state index contributed by atoms with van der Waals surface area (Å²) in [6.07, 6.45) is 1.81. The van der Waals surface area contributed by atoms with Gasteiger partial charge in [0, 0.05) is 6.54 Å². The van der Waals surface area contributed by atoms with Crippen LogP contribution in [0.3, 0.4) is 0 Å². The molecule has 0 aliphatic heterocycles. The van der Waals surface area contributed by atoms with Gasteiger partial charge in [-0.2, -0.15) is 0 Å². The molecule has 0 saturated heterocycles. The molecule has 0 bridgehead atoms. The van der Waals surface area contributed by atoms with E-state index in [4.69, 9.17) is 0 Å². The highest BCUT2D eigenvalue weighted by atomic mass is 32.2. The van der Waals surface area contributed by atoms with E-state index in [-0.39, 0.29) is 23.3 Å². The van der Waals surface area contributed by atoms with Gasteiger partial charge in [0.05, 0.1) is 22.2 Å². The molecule has 1 N–H and O–H groups in total. The van der Waals surface area contributed by atoms with Gasteiger partial charge in [-0.15, -0.1) is 0 Å². The van der Waals surface area contributed by atoms with Gasteiger partial charge in [-0.3, -0.25) is 14.2 Å². The molecular formula is C23H26FN3O2S. The number of nitrogens with one attached hydrogen (secondary N) is 1. The fourth-order valence-corrected chi connectivity index (χ4v) is 4.07.